The maximum Gasteiger partial charge on any atom is 0.0572 e. The van der Waals surface area contributed by atoms with Crippen LogP contribution in [0.4, 0.5) is 5.69 Å². The van der Waals surface area contributed by atoms with Crippen LogP contribution in [0.3, 0.4) is 0 Å². The second-order valence-electron chi connectivity index (χ2n) is 4.16. The number of pyridine rings is 1. The van der Waals surface area contributed by atoms with Crippen LogP contribution in [0.15, 0.2) is 18.3 Å². The molecule has 0 amide bonds. The summed E-state index contributed by atoms with van der Waals surface area (Å²) in [6, 6.07) is 4.64. The molecule has 1 atom stereocenters. The summed E-state index contributed by atoms with van der Waals surface area (Å²) in [6.07, 6.45) is 2.82. The average Bonchev–Trinajstić information content (AvgIpc) is 2.27. The van der Waals surface area contributed by atoms with E-state index in [0.717, 1.165) is 17.8 Å². The van der Waals surface area contributed by atoms with Gasteiger partial charge in [-0.3, -0.25) is 4.98 Å². The van der Waals surface area contributed by atoms with Gasteiger partial charge in [0.05, 0.1) is 17.6 Å². The minimum atomic E-state index is 0.0587. The SMILES string of the molecule is CCC(N)c1ccc(N(C)C(C)C)cn1. The van der Waals surface area contributed by atoms with Gasteiger partial charge in [-0.25, -0.2) is 0 Å². The number of anilines is 1. The molecule has 1 unspecified atom stereocenters. The number of nitrogens with two attached hydrogens (primary N) is 1. The zero-order valence-electron chi connectivity index (χ0n) is 10.1. The fraction of sp³-hybridized carbons (Fsp3) is 0.583. The predicted molar refractivity (Wildman–Crippen MR) is 65.0 cm³/mol. The van der Waals surface area contributed by atoms with E-state index >= 15 is 0 Å². The van der Waals surface area contributed by atoms with Crippen LogP contribution in [0.2, 0.25) is 0 Å². The Labute approximate surface area is 92.3 Å². The predicted octanol–water partition coefficient (Wildman–Crippen LogP) is 2.34. The summed E-state index contributed by atoms with van der Waals surface area (Å²) in [6.45, 7) is 6.39. The highest BCUT2D eigenvalue weighted by Crippen LogP contribution is 2.17. The Morgan fingerprint density at radius 2 is 2.07 bits per heavy atom. The van der Waals surface area contributed by atoms with E-state index in [1.165, 1.54) is 0 Å². The Hall–Kier alpha value is -1.09. The molecular formula is C12H21N3. The third kappa shape index (κ3) is 2.93. The average molecular weight is 207 g/mol. The molecule has 84 valence electrons. The number of nitrogens with zero attached hydrogens (tertiary/aromatic N) is 2. The Bertz CT molecular complexity index is 292. The van der Waals surface area contributed by atoms with Gasteiger partial charge in [-0.1, -0.05) is 6.92 Å². The van der Waals surface area contributed by atoms with Crippen molar-refractivity contribution >= 4 is 5.69 Å². The largest absolute Gasteiger partial charge is 0.371 e. The molecule has 0 spiro atoms. The van der Waals surface area contributed by atoms with Crippen molar-refractivity contribution in [3.05, 3.63) is 24.0 Å². The molecule has 1 rings (SSSR count). The molecule has 2 N–H and O–H groups in total. The van der Waals surface area contributed by atoms with E-state index in [4.69, 9.17) is 5.73 Å². The lowest BCUT2D eigenvalue weighted by Gasteiger charge is -2.23. The maximum absolute atomic E-state index is 5.90. The van der Waals surface area contributed by atoms with Gasteiger partial charge in [-0.2, -0.15) is 0 Å². The van der Waals surface area contributed by atoms with Gasteiger partial charge in [-0.05, 0) is 32.4 Å². The molecule has 0 aliphatic rings. The van der Waals surface area contributed by atoms with Gasteiger partial charge in [0.25, 0.3) is 0 Å². The van der Waals surface area contributed by atoms with E-state index in [-0.39, 0.29) is 6.04 Å². The molecule has 0 saturated carbocycles. The van der Waals surface area contributed by atoms with E-state index in [1.807, 2.05) is 12.3 Å². The van der Waals surface area contributed by atoms with Crippen molar-refractivity contribution in [2.45, 2.75) is 39.3 Å². The molecular weight excluding hydrogens is 186 g/mol. The molecule has 0 radical (unpaired) electrons. The van der Waals surface area contributed by atoms with E-state index in [2.05, 4.69) is 43.8 Å². The molecule has 0 aliphatic heterocycles. The van der Waals surface area contributed by atoms with Crippen LogP contribution in [0.1, 0.15) is 38.9 Å². The van der Waals surface area contributed by atoms with Crippen molar-refractivity contribution in [3.8, 4) is 0 Å². The Balaban J connectivity index is 2.80. The monoisotopic (exact) mass is 207 g/mol. The summed E-state index contributed by atoms with van der Waals surface area (Å²) in [7, 11) is 2.07. The summed E-state index contributed by atoms with van der Waals surface area (Å²) in [4.78, 5) is 6.57. The number of hydrogen-bond acceptors (Lipinski definition) is 3. The topological polar surface area (TPSA) is 42.1 Å². The maximum atomic E-state index is 5.90. The first kappa shape index (κ1) is 12.0. The standard InChI is InChI=1S/C12H21N3/c1-5-11(13)12-7-6-10(8-14-12)15(4)9(2)3/h6-9,11H,5,13H2,1-4H3. The first-order valence-electron chi connectivity index (χ1n) is 5.50. The fourth-order valence-corrected chi connectivity index (χ4v) is 1.33. The highest BCUT2D eigenvalue weighted by atomic mass is 15.1. The molecule has 3 heteroatoms. The van der Waals surface area contributed by atoms with Crippen molar-refractivity contribution in [3.63, 3.8) is 0 Å². The van der Waals surface area contributed by atoms with Crippen molar-refractivity contribution in [2.24, 2.45) is 5.73 Å². The van der Waals surface area contributed by atoms with Crippen molar-refractivity contribution in [1.82, 2.24) is 4.98 Å². The summed E-state index contributed by atoms with van der Waals surface area (Å²) < 4.78 is 0. The van der Waals surface area contributed by atoms with Gasteiger partial charge in [0.1, 0.15) is 0 Å². The Kier molecular flexibility index (Phi) is 4.09. The van der Waals surface area contributed by atoms with Crippen LogP contribution in [-0.4, -0.2) is 18.1 Å². The first-order chi connectivity index (χ1) is 7.06. The first-order valence-corrected chi connectivity index (χ1v) is 5.50. The van der Waals surface area contributed by atoms with Crippen molar-refractivity contribution < 1.29 is 0 Å². The van der Waals surface area contributed by atoms with Crippen LogP contribution in [-0.2, 0) is 0 Å². The van der Waals surface area contributed by atoms with Crippen molar-refractivity contribution in [2.75, 3.05) is 11.9 Å². The van der Waals surface area contributed by atoms with Crippen LogP contribution >= 0.6 is 0 Å². The smallest absolute Gasteiger partial charge is 0.0572 e. The lowest BCUT2D eigenvalue weighted by Crippen LogP contribution is -2.25. The second-order valence-corrected chi connectivity index (χ2v) is 4.16. The summed E-state index contributed by atoms with van der Waals surface area (Å²) in [5, 5.41) is 0. The van der Waals surface area contributed by atoms with Gasteiger partial charge in [0.15, 0.2) is 0 Å². The number of rotatable bonds is 4. The van der Waals surface area contributed by atoms with Gasteiger partial charge in [-0.15, -0.1) is 0 Å². The van der Waals surface area contributed by atoms with Crippen LogP contribution < -0.4 is 10.6 Å². The second kappa shape index (κ2) is 5.12. The highest BCUT2D eigenvalue weighted by molar-refractivity contribution is 5.44. The van der Waals surface area contributed by atoms with Crippen LogP contribution in [0.5, 0.6) is 0 Å². The molecule has 0 aliphatic carbocycles. The summed E-state index contributed by atoms with van der Waals surface area (Å²) in [5.41, 5.74) is 8.01. The van der Waals surface area contributed by atoms with Gasteiger partial charge < -0.3 is 10.6 Å². The Morgan fingerprint density at radius 3 is 2.47 bits per heavy atom. The fourth-order valence-electron chi connectivity index (χ4n) is 1.33. The van der Waals surface area contributed by atoms with E-state index < -0.39 is 0 Å². The summed E-state index contributed by atoms with van der Waals surface area (Å²) >= 11 is 0. The number of hydrogen-bond donors (Lipinski definition) is 1. The van der Waals surface area contributed by atoms with Gasteiger partial charge >= 0.3 is 0 Å². The molecule has 0 fully saturated rings. The minimum absolute atomic E-state index is 0.0587. The van der Waals surface area contributed by atoms with Crippen LogP contribution in [0, 0.1) is 0 Å². The molecule has 1 aromatic rings. The van der Waals surface area contributed by atoms with Gasteiger partial charge in [0.2, 0.25) is 0 Å². The normalized spacial score (nSPS) is 12.9. The molecule has 0 saturated heterocycles. The van der Waals surface area contributed by atoms with E-state index in [1.54, 1.807) is 0 Å². The lowest BCUT2D eigenvalue weighted by molar-refractivity contribution is 0.674. The minimum Gasteiger partial charge on any atom is -0.371 e. The highest BCUT2D eigenvalue weighted by Gasteiger charge is 2.07. The lowest BCUT2D eigenvalue weighted by atomic mass is 10.1. The van der Waals surface area contributed by atoms with Crippen LogP contribution in [0.25, 0.3) is 0 Å². The van der Waals surface area contributed by atoms with E-state index in [9.17, 15) is 0 Å². The molecule has 15 heavy (non-hydrogen) atoms. The molecule has 1 aromatic heterocycles. The zero-order valence-corrected chi connectivity index (χ0v) is 10.1. The van der Waals surface area contributed by atoms with Crippen molar-refractivity contribution in [1.29, 1.82) is 0 Å². The number of aromatic nitrogens is 1. The molecule has 3 nitrogen and oxygen atoms in total. The van der Waals surface area contributed by atoms with Gasteiger partial charge in [0, 0.05) is 19.1 Å². The molecule has 0 bridgehead atoms. The quantitative estimate of drug-likeness (QED) is 0.824. The third-order valence-corrected chi connectivity index (χ3v) is 2.77. The molecule has 0 aromatic carbocycles. The third-order valence-electron chi connectivity index (χ3n) is 2.77. The Morgan fingerprint density at radius 1 is 1.40 bits per heavy atom. The zero-order chi connectivity index (χ0) is 11.4. The summed E-state index contributed by atoms with van der Waals surface area (Å²) in [5.74, 6) is 0. The van der Waals surface area contributed by atoms with E-state index in [0.29, 0.717) is 6.04 Å². The molecule has 1 heterocycles.